The van der Waals surface area contributed by atoms with Gasteiger partial charge in [0.25, 0.3) is 0 Å². The fourth-order valence-electron chi connectivity index (χ4n) is 2.99. The number of likely N-dealkylation sites (tertiary alicyclic amines) is 1. The van der Waals surface area contributed by atoms with Gasteiger partial charge < -0.3 is 5.73 Å². The average molecular weight is 280 g/mol. The molecule has 0 aliphatic carbocycles. The highest BCUT2D eigenvalue weighted by atomic mass is 19.4. The van der Waals surface area contributed by atoms with E-state index in [0.29, 0.717) is 25.4 Å². The van der Waals surface area contributed by atoms with Gasteiger partial charge in [0.2, 0.25) is 0 Å². The van der Waals surface area contributed by atoms with Gasteiger partial charge in [0.1, 0.15) is 6.04 Å². The third-order valence-corrected chi connectivity index (χ3v) is 4.36. The lowest BCUT2D eigenvalue weighted by Gasteiger charge is -2.43. The van der Waals surface area contributed by atoms with Crippen molar-refractivity contribution in [3.8, 4) is 0 Å². The number of nitrogens with two attached hydrogens (primary N) is 1. The zero-order valence-electron chi connectivity index (χ0n) is 12.4. The highest BCUT2D eigenvalue weighted by Crippen LogP contribution is 2.37. The maximum Gasteiger partial charge on any atom is 0.405 e. The van der Waals surface area contributed by atoms with Crippen molar-refractivity contribution in [3.63, 3.8) is 0 Å². The Morgan fingerprint density at radius 2 is 1.63 bits per heavy atom. The Labute approximate surface area is 114 Å². The SMILES string of the molecule is CCC(N)C(N1CCC(C(C)(C)C)CC1)C(F)(F)F. The van der Waals surface area contributed by atoms with Crippen LogP contribution >= 0.6 is 0 Å². The predicted molar refractivity (Wildman–Crippen MR) is 71.9 cm³/mol. The second-order valence-electron chi connectivity index (χ2n) is 6.73. The van der Waals surface area contributed by atoms with E-state index in [1.165, 1.54) is 4.90 Å². The fourth-order valence-corrected chi connectivity index (χ4v) is 2.99. The minimum atomic E-state index is -4.23. The third kappa shape index (κ3) is 4.35. The van der Waals surface area contributed by atoms with Gasteiger partial charge in [-0.05, 0) is 43.7 Å². The molecular weight excluding hydrogens is 253 g/mol. The van der Waals surface area contributed by atoms with Crippen LogP contribution in [0.15, 0.2) is 0 Å². The van der Waals surface area contributed by atoms with Crippen molar-refractivity contribution in [2.45, 2.75) is 65.2 Å². The van der Waals surface area contributed by atoms with Crippen molar-refractivity contribution in [1.82, 2.24) is 4.90 Å². The Hall–Kier alpha value is -0.290. The molecule has 0 radical (unpaired) electrons. The van der Waals surface area contributed by atoms with Crippen molar-refractivity contribution >= 4 is 0 Å². The molecule has 1 fully saturated rings. The molecule has 0 aromatic heterocycles. The maximum atomic E-state index is 13.2. The van der Waals surface area contributed by atoms with E-state index in [4.69, 9.17) is 5.73 Å². The third-order valence-electron chi connectivity index (χ3n) is 4.36. The number of hydrogen-bond donors (Lipinski definition) is 1. The van der Waals surface area contributed by atoms with Crippen LogP contribution in [0, 0.1) is 11.3 Å². The zero-order chi connectivity index (χ0) is 14.8. The molecule has 0 bridgehead atoms. The summed E-state index contributed by atoms with van der Waals surface area (Å²) in [6, 6.07) is -2.32. The lowest BCUT2D eigenvalue weighted by Crippen LogP contribution is -2.58. The number of halogens is 3. The summed E-state index contributed by atoms with van der Waals surface area (Å²) < 4.78 is 39.5. The van der Waals surface area contributed by atoms with E-state index >= 15 is 0 Å². The van der Waals surface area contributed by atoms with Crippen LogP contribution in [0.1, 0.15) is 47.0 Å². The molecule has 2 nitrogen and oxygen atoms in total. The van der Waals surface area contributed by atoms with Crippen LogP contribution in [-0.2, 0) is 0 Å². The molecule has 19 heavy (non-hydrogen) atoms. The summed E-state index contributed by atoms with van der Waals surface area (Å²) in [5.74, 6) is 0.496. The minimum absolute atomic E-state index is 0.173. The molecular formula is C14H27F3N2. The molecule has 5 heteroatoms. The number of nitrogens with zero attached hydrogens (tertiary/aromatic N) is 1. The number of alkyl halides is 3. The van der Waals surface area contributed by atoms with Crippen LogP contribution in [0.4, 0.5) is 13.2 Å². The maximum absolute atomic E-state index is 13.2. The lowest BCUT2D eigenvalue weighted by molar-refractivity contribution is -0.193. The van der Waals surface area contributed by atoms with Crippen LogP contribution in [0.2, 0.25) is 0 Å². The molecule has 0 spiro atoms. The molecule has 1 aliphatic heterocycles. The summed E-state index contributed by atoms with van der Waals surface area (Å²) in [7, 11) is 0. The van der Waals surface area contributed by atoms with Crippen LogP contribution in [0.5, 0.6) is 0 Å². The van der Waals surface area contributed by atoms with E-state index in [1.807, 2.05) is 0 Å². The molecule has 0 aromatic rings. The highest BCUT2D eigenvalue weighted by Gasteiger charge is 2.47. The van der Waals surface area contributed by atoms with Crippen molar-refractivity contribution < 1.29 is 13.2 Å². The van der Waals surface area contributed by atoms with E-state index < -0.39 is 18.3 Å². The summed E-state index contributed by atoms with van der Waals surface area (Å²) in [5, 5.41) is 0. The van der Waals surface area contributed by atoms with Crippen molar-refractivity contribution in [1.29, 1.82) is 0 Å². The first-order valence-electron chi connectivity index (χ1n) is 7.13. The summed E-state index contributed by atoms with van der Waals surface area (Å²) in [6.45, 7) is 9.19. The van der Waals surface area contributed by atoms with E-state index in [9.17, 15) is 13.2 Å². The normalized spacial score (nSPS) is 23.4. The van der Waals surface area contributed by atoms with Crippen LogP contribution in [0.3, 0.4) is 0 Å². The largest absolute Gasteiger partial charge is 0.405 e. The molecule has 0 aromatic carbocycles. The Bertz CT molecular complexity index is 275. The fraction of sp³-hybridized carbons (Fsp3) is 1.00. The molecule has 1 saturated heterocycles. The van der Waals surface area contributed by atoms with Gasteiger partial charge in [-0.2, -0.15) is 13.2 Å². The van der Waals surface area contributed by atoms with E-state index in [0.717, 1.165) is 12.8 Å². The summed E-state index contributed by atoms with van der Waals surface area (Å²) in [4.78, 5) is 1.54. The summed E-state index contributed by atoms with van der Waals surface area (Å²) >= 11 is 0. The van der Waals surface area contributed by atoms with E-state index in [1.54, 1.807) is 6.92 Å². The van der Waals surface area contributed by atoms with Gasteiger partial charge in [0.15, 0.2) is 0 Å². The van der Waals surface area contributed by atoms with Gasteiger partial charge in [-0.3, -0.25) is 4.90 Å². The van der Waals surface area contributed by atoms with Crippen LogP contribution in [0.25, 0.3) is 0 Å². The summed E-state index contributed by atoms with van der Waals surface area (Å²) in [5.41, 5.74) is 5.87. The van der Waals surface area contributed by atoms with E-state index in [2.05, 4.69) is 20.8 Å². The molecule has 0 saturated carbocycles. The molecule has 1 aliphatic rings. The Balaban J connectivity index is 2.70. The highest BCUT2D eigenvalue weighted by molar-refractivity contribution is 4.91. The van der Waals surface area contributed by atoms with Crippen molar-refractivity contribution in [2.75, 3.05) is 13.1 Å². The molecule has 1 rings (SSSR count). The first kappa shape index (κ1) is 16.8. The molecule has 2 unspecified atom stereocenters. The quantitative estimate of drug-likeness (QED) is 0.858. The average Bonchev–Trinajstić information content (AvgIpc) is 2.26. The number of piperidine rings is 1. The van der Waals surface area contributed by atoms with Gasteiger partial charge in [-0.15, -0.1) is 0 Å². The van der Waals surface area contributed by atoms with Gasteiger partial charge in [-0.1, -0.05) is 27.7 Å². The second kappa shape index (κ2) is 6.00. The minimum Gasteiger partial charge on any atom is -0.326 e. The van der Waals surface area contributed by atoms with Crippen LogP contribution in [-0.4, -0.2) is 36.2 Å². The molecule has 114 valence electrons. The second-order valence-corrected chi connectivity index (χ2v) is 6.73. The first-order valence-corrected chi connectivity index (χ1v) is 7.13. The predicted octanol–water partition coefficient (Wildman–Crippen LogP) is 3.41. The van der Waals surface area contributed by atoms with Gasteiger partial charge >= 0.3 is 6.18 Å². The smallest absolute Gasteiger partial charge is 0.326 e. The molecule has 1 heterocycles. The Morgan fingerprint density at radius 1 is 1.16 bits per heavy atom. The van der Waals surface area contributed by atoms with E-state index in [-0.39, 0.29) is 5.41 Å². The molecule has 0 amide bonds. The van der Waals surface area contributed by atoms with Gasteiger partial charge in [-0.25, -0.2) is 0 Å². The lowest BCUT2D eigenvalue weighted by atomic mass is 9.75. The van der Waals surface area contributed by atoms with Gasteiger partial charge in [0, 0.05) is 6.04 Å². The van der Waals surface area contributed by atoms with Crippen molar-refractivity contribution in [3.05, 3.63) is 0 Å². The number of rotatable bonds is 3. The first-order chi connectivity index (χ1) is 8.57. The van der Waals surface area contributed by atoms with Crippen LogP contribution < -0.4 is 5.73 Å². The number of hydrogen-bond acceptors (Lipinski definition) is 2. The zero-order valence-corrected chi connectivity index (χ0v) is 12.4. The summed E-state index contributed by atoms with van der Waals surface area (Å²) in [6.07, 6.45) is -2.23. The molecule has 2 N–H and O–H groups in total. The van der Waals surface area contributed by atoms with Crippen molar-refractivity contribution in [2.24, 2.45) is 17.1 Å². The molecule has 2 atom stereocenters. The van der Waals surface area contributed by atoms with Gasteiger partial charge in [0.05, 0.1) is 0 Å². The topological polar surface area (TPSA) is 29.3 Å². The monoisotopic (exact) mass is 280 g/mol. The Morgan fingerprint density at radius 3 is 1.95 bits per heavy atom. The standard InChI is InChI=1S/C14H27F3N2/c1-5-11(18)12(14(15,16)17)19-8-6-10(7-9-19)13(2,3)4/h10-12H,5-9,18H2,1-4H3. The Kier molecular flexibility index (Phi) is 5.29.